The smallest absolute Gasteiger partial charge is 0.229 e. The molecule has 1 aliphatic carbocycles. The molecule has 1 aromatic heterocycles. The Hall–Kier alpha value is -3.08. The van der Waals surface area contributed by atoms with E-state index in [-0.39, 0.29) is 11.8 Å². The monoisotopic (exact) mass is 346 g/mol. The van der Waals surface area contributed by atoms with Crippen molar-refractivity contribution >= 4 is 17.4 Å². The molecule has 5 nitrogen and oxygen atoms in total. The van der Waals surface area contributed by atoms with Crippen molar-refractivity contribution < 1.29 is 4.79 Å². The molecule has 4 rings (SSSR count). The number of hydrogen-bond acceptors (Lipinski definition) is 3. The lowest BCUT2D eigenvalue weighted by atomic mass is 10.1. The standard InChI is InChI=1S/C21H22N4O/c1-25(2)18-9-7-14(8-10-18)19-13-20(24-23-19)22-21(26)17-11-15-5-3-4-6-16(15)12-17/h3-10,13,17H,11-12H2,1-2H3,(H2,22,23,24,26). The van der Waals surface area contributed by atoms with Crippen LogP contribution >= 0.6 is 0 Å². The first-order valence-electron chi connectivity index (χ1n) is 8.81. The molecule has 0 saturated heterocycles. The highest BCUT2D eigenvalue weighted by Crippen LogP contribution is 2.28. The van der Waals surface area contributed by atoms with Gasteiger partial charge in [-0.2, -0.15) is 5.10 Å². The first kappa shape index (κ1) is 16.4. The number of carbonyl (C=O) groups excluding carboxylic acids is 1. The van der Waals surface area contributed by atoms with Crippen molar-refractivity contribution in [3.63, 3.8) is 0 Å². The fraction of sp³-hybridized carbons (Fsp3) is 0.238. The third-order valence-corrected chi connectivity index (χ3v) is 4.95. The van der Waals surface area contributed by atoms with Gasteiger partial charge in [-0.15, -0.1) is 0 Å². The maximum Gasteiger partial charge on any atom is 0.229 e. The van der Waals surface area contributed by atoms with Gasteiger partial charge in [0.1, 0.15) is 0 Å². The van der Waals surface area contributed by atoms with Gasteiger partial charge in [-0.25, -0.2) is 0 Å². The van der Waals surface area contributed by atoms with Crippen molar-refractivity contribution in [3.8, 4) is 11.3 Å². The van der Waals surface area contributed by atoms with Crippen LogP contribution in [-0.4, -0.2) is 30.2 Å². The number of aromatic nitrogens is 2. The molecule has 3 aromatic rings. The maximum atomic E-state index is 12.6. The molecule has 0 fully saturated rings. The molecular weight excluding hydrogens is 324 g/mol. The van der Waals surface area contributed by atoms with Gasteiger partial charge in [0.25, 0.3) is 0 Å². The quantitative estimate of drug-likeness (QED) is 0.760. The predicted molar refractivity (Wildman–Crippen MR) is 104 cm³/mol. The zero-order valence-corrected chi connectivity index (χ0v) is 15.0. The van der Waals surface area contributed by atoms with Crippen molar-refractivity contribution in [3.05, 3.63) is 65.7 Å². The average molecular weight is 346 g/mol. The van der Waals surface area contributed by atoms with Crippen molar-refractivity contribution in [2.24, 2.45) is 5.92 Å². The number of benzene rings is 2. The molecule has 0 bridgehead atoms. The summed E-state index contributed by atoms with van der Waals surface area (Å²) in [6.07, 6.45) is 1.59. The number of nitrogens with zero attached hydrogens (tertiary/aromatic N) is 2. The minimum atomic E-state index is -0.0214. The molecule has 1 amide bonds. The summed E-state index contributed by atoms with van der Waals surface area (Å²) in [6.45, 7) is 0. The largest absolute Gasteiger partial charge is 0.378 e. The number of rotatable bonds is 4. The topological polar surface area (TPSA) is 61.0 Å². The van der Waals surface area contributed by atoms with E-state index in [4.69, 9.17) is 0 Å². The Morgan fingerprint density at radius 2 is 1.73 bits per heavy atom. The summed E-state index contributed by atoms with van der Waals surface area (Å²) < 4.78 is 0. The molecule has 0 aliphatic heterocycles. The van der Waals surface area contributed by atoms with E-state index >= 15 is 0 Å². The lowest BCUT2D eigenvalue weighted by Gasteiger charge is -2.12. The molecule has 0 saturated carbocycles. The van der Waals surface area contributed by atoms with E-state index in [0.717, 1.165) is 29.8 Å². The van der Waals surface area contributed by atoms with E-state index < -0.39 is 0 Å². The van der Waals surface area contributed by atoms with Crippen LogP contribution in [0.4, 0.5) is 11.5 Å². The van der Waals surface area contributed by atoms with Crippen LogP contribution in [0.15, 0.2) is 54.6 Å². The fourth-order valence-electron chi connectivity index (χ4n) is 3.45. The SMILES string of the molecule is CN(C)c1ccc(-c2cc(NC(=O)C3Cc4ccccc4C3)n[nH]2)cc1. The molecule has 0 radical (unpaired) electrons. The lowest BCUT2D eigenvalue weighted by molar-refractivity contribution is -0.119. The normalized spacial score (nSPS) is 13.5. The van der Waals surface area contributed by atoms with Crippen LogP contribution in [0.25, 0.3) is 11.3 Å². The zero-order valence-electron chi connectivity index (χ0n) is 15.0. The minimum absolute atomic E-state index is 0.0214. The second kappa shape index (κ2) is 6.67. The van der Waals surface area contributed by atoms with Gasteiger partial charge >= 0.3 is 0 Å². The number of aromatic amines is 1. The minimum Gasteiger partial charge on any atom is -0.378 e. The number of H-pyrrole nitrogens is 1. The maximum absolute atomic E-state index is 12.6. The van der Waals surface area contributed by atoms with Crippen LogP contribution in [0.5, 0.6) is 0 Å². The van der Waals surface area contributed by atoms with E-state index in [0.29, 0.717) is 5.82 Å². The summed E-state index contributed by atoms with van der Waals surface area (Å²) in [5.74, 6) is 0.576. The Labute approximate surface area is 153 Å². The van der Waals surface area contributed by atoms with Crippen LogP contribution in [0.3, 0.4) is 0 Å². The van der Waals surface area contributed by atoms with Crippen LogP contribution < -0.4 is 10.2 Å². The molecule has 2 aromatic carbocycles. The predicted octanol–water partition coefficient (Wildman–Crippen LogP) is 3.50. The summed E-state index contributed by atoms with van der Waals surface area (Å²) in [5, 5.41) is 10.2. The summed E-state index contributed by atoms with van der Waals surface area (Å²) in [5.41, 5.74) is 5.62. The van der Waals surface area contributed by atoms with Gasteiger partial charge in [-0.05, 0) is 41.7 Å². The van der Waals surface area contributed by atoms with Crippen LogP contribution in [0.1, 0.15) is 11.1 Å². The second-order valence-electron chi connectivity index (χ2n) is 6.97. The molecule has 2 N–H and O–H groups in total. The summed E-state index contributed by atoms with van der Waals surface area (Å²) >= 11 is 0. The van der Waals surface area contributed by atoms with Crippen molar-refractivity contribution in [2.45, 2.75) is 12.8 Å². The van der Waals surface area contributed by atoms with Crippen LogP contribution in [0, 0.1) is 5.92 Å². The number of anilines is 2. The van der Waals surface area contributed by atoms with Gasteiger partial charge in [-0.1, -0.05) is 36.4 Å². The van der Waals surface area contributed by atoms with Gasteiger partial charge in [0, 0.05) is 31.8 Å². The molecule has 26 heavy (non-hydrogen) atoms. The first-order chi connectivity index (χ1) is 12.6. The first-order valence-corrected chi connectivity index (χ1v) is 8.81. The van der Waals surface area contributed by atoms with Gasteiger partial charge < -0.3 is 10.2 Å². The highest BCUT2D eigenvalue weighted by Gasteiger charge is 2.27. The van der Waals surface area contributed by atoms with Crippen LogP contribution in [0.2, 0.25) is 0 Å². The van der Waals surface area contributed by atoms with E-state index in [1.165, 1.54) is 11.1 Å². The summed E-state index contributed by atoms with van der Waals surface area (Å²) in [7, 11) is 4.03. The summed E-state index contributed by atoms with van der Waals surface area (Å²) in [6, 6.07) is 18.4. The van der Waals surface area contributed by atoms with E-state index in [1.54, 1.807) is 0 Å². The van der Waals surface area contributed by atoms with E-state index in [9.17, 15) is 4.79 Å². The Bertz CT molecular complexity index is 902. The molecule has 1 aliphatic rings. The molecule has 5 heteroatoms. The van der Waals surface area contributed by atoms with E-state index in [2.05, 4.69) is 44.7 Å². The van der Waals surface area contributed by atoms with Crippen LogP contribution in [-0.2, 0) is 17.6 Å². The van der Waals surface area contributed by atoms with Gasteiger partial charge in [0.15, 0.2) is 5.82 Å². The summed E-state index contributed by atoms with van der Waals surface area (Å²) in [4.78, 5) is 14.6. The van der Waals surface area contributed by atoms with Gasteiger partial charge in [0.05, 0.1) is 5.69 Å². The molecule has 132 valence electrons. The zero-order chi connectivity index (χ0) is 18.1. The Morgan fingerprint density at radius 1 is 1.08 bits per heavy atom. The molecule has 1 heterocycles. The number of fused-ring (bicyclic) bond motifs is 1. The molecular formula is C21H22N4O. The molecule has 0 atom stereocenters. The lowest BCUT2D eigenvalue weighted by Crippen LogP contribution is -2.23. The van der Waals surface area contributed by atoms with Crippen molar-refractivity contribution in [2.75, 3.05) is 24.3 Å². The number of hydrogen-bond donors (Lipinski definition) is 2. The average Bonchev–Trinajstić information content (AvgIpc) is 3.28. The third-order valence-electron chi connectivity index (χ3n) is 4.95. The highest BCUT2D eigenvalue weighted by molar-refractivity contribution is 5.93. The Balaban J connectivity index is 1.43. The van der Waals surface area contributed by atoms with Gasteiger partial charge in [0.2, 0.25) is 5.91 Å². The van der Waals surface area contributed by atoms with Gasteiger partial charge in [-0.3, -0.25) is 9.89 Å². The van der Waals surface area contributed by atoms with Crippen molar-refractivity contribution in [1.82, 2.24) is 10.2 Å². The Morgan fingerprint density at radius 3 is 2.35 bits per heavy atom. The second-order valence-corrected chi connectivity index (χ2v) is 6.97. The molecule has 0 spiro atoms. The van der Waals surface area contributed by atoms with E-state index in [1.807, 2.05) is 44.4 Å². The third kappa shape index (κ3) is 3.20. The number of amides is 1. The highest BCUT2D eigenvalue weighted by atomic mass is 16.2. The number of carbonyl (C=O) groups is 1. The molecule has 0 unspecified atom stereocenters. The van der Waals surface area contributed by atoms with Crippen molar-refractivity contribution in [1.29, 1.82) is 0 Å². The number of nitrogens with one attached hydrogen (secondary N) is 2. The fourth-order valence-corrected chi connectivity index (χ4v) is 3.45. The Kier molecular flexibility index (Phi) is 4.21.